The molecule has 0 amide bonds. The zero-order chi connectivity index (χ0) is 11.5. The third-order valence-corrected chi connectivity index (χ3v) is 3.52. The van der Waals surface area contributed by atoms with Crippen molar-refractivity contribution in [1.82, 2.24) is 0 Å². The SMILES string of the molecule is C=CC1CCc2c(ccc(CCC)c2F)C1. The molecule has 0 radical (unpaired) electrons. The van der Waals surface area contributed by atoms with Crippen molar-refractivity contribution in [2.45, 2.75) is 39.0 Å². The van der Waals surface area contributed by atoms with Gasteiger partial charge in [-0.05, 0) is 48.3 Å². The van der Waals surface area contributed by atoms with Gasteiger partial charge in [0.2, 0.25) is 0 Å². The molecular weight excluding hydrogens is 199 g/mol. The van der Waals surface area contributed by atoms with Gasteiger partial charge in [0.05, 0.1) is 0 Å². The first-order valence-electron chi connectivity index (χ1n) is 6.18. The molecule has 1 aliphatic carbocycles. The smallest absolute Gasteiger partial charge is 0.129 e. The summed E-state index contributed by atoms with van der Waals surface area (Å²) in [6.45, 7) is 5.92. The molecular formula is C15H19F. The number of aryl methyl sites for hydroxylation is 1. The number of halogens is 1. The summed E-state index contributed by atoms with van der Waals surface area (Å²) in [6.07, 6.45) is 6.73. The molecule has 0 fully saturated rings. The molecule has 1 aliphatic rings. The van der Waals surface area contributed by atoms with Crippen molar-refractivity contribution in [3.8, 4) is 0 Å². The van der Waals surface area contributed by atoms with E-state index in [-0.39, 0.29) is 5.82 Å². The molecule has 1 unspecified atom stereocenters. The number of rotatable bonds is 3. The molecule has 0 aromatic heterocycles. The fourth-order valence-corrected chi connectivity index (χ4v) is 2.55. The topological polar surface area (TPSA) is 0 Å². The van der Waals surface area contributed by atoms with Gasteiger partial charge in [-0.1, -0.05) is 31.6 Å². The minimum atomic E-state index is 0.0573. The fourth-order valence-electron chi connectivity index (χ4n) is 2.55. The lowest BCUT2D eigenvalue weighted by atomic mass is 9.82. The first-order chi connectivity index (χ1) is 7.76. The Morgan fingerprint density at radius 3 is 3.00 bits per heavy atom. The highest BCUT2D eigenvalue weighted by molar-refractivity contribution is 5.36. The molecule has 0 aliphatic heterocycles. The molecule has 0 N–H and O–H groups in total. The molecule has 1 aromatic rings. The maximum Gasteiger partial charge on any atom is 0.129 e. The summed E-state index contributed by atoms with van der Waals surface area (Å²) >= 11 is 0. The molecule has 1 heteroatoms. The molecule has 0 bridgehead atoms. The number of allylic oxidation sites excluding steroid dienone is 1. The summed E-state index contributed by atoms with van der Waals surface area (Å²) in [5.41, 5.74) is 3.04. The Morgan fingerprint density at radius 1 is 1.50 bits per heavy atom. The Balaban J connectivity index is 2.32. The van der Waals surface area contributed by atoms with Crippen LogP contribution in [-0.4, -0.2) is 0 Å². The van der Waals surface area contributed by atoms with Crippen LogP contribution in [0.4, 0.5) is 4.39 Å². The Labute approximate surface area is 97.2 Å². The summed E-state index contributed by atoms with van der Waals surface area (Å²) < 4.78 is 14.1. The van der Waals surface area contributed by atoms with Crippen LogP contribution in [0.25, 0.3) is 0 Å². The van der Waals surface area contributed by atoms with Gasteiger partial charge in [-0.3, -0.25) is 0 Å². The van der Waals surface area contributed by atoms with Crippen molar-refractivity contribution in [2.75, 3.05) is 0 Å². The molecule has 16 heavy (non-hydrogen) atoms. The van der Waals surface area contributed by atoms with Crippen molar-refractivity contribution in [1.29, 1.82) is 0 Å². The average molecular weight is 218 g/mol. The van der Waals surface area contributed by atoms with E-state index < -0.39 is 0 Å². The lowest BCUT2D eigenvalue weighted by Gasteiger charge is -2.23. The van der Waals surface area contributed by atoms with Crippen LogP contribution in [0.3, 0.4) is 0 Å². The Kier molecular flexibility index (Phi) is 3.42. The Bertz CT molecular complexity index is 393. The van der Waals surface area contributed by atoms with Gasteiger partial charge in [0.15, 0.2) is 0 Å². The molecule has 0 saturated heterocycles. The summed E-state index contributed by atoms with van der Waals surface area (Å²) in [7, 11) is 0. The number of benzene rings is 1. The monoisotopic (exact) mass is 218 g/mol. The minimum Gasteiger partial charge on any atom is -0.206 e. The number of fused-ring (bicyclic) bond motifs is 1. The molecule has 1 atom stereocenters. The molecule has 86 valence electrons. The van der Waals surface area contributed by atoms with E-state index in [0.717, 1.165) is 43.2 Å². The normalized spacial score (nSPS) is 19.2. The zero-order valence-corrected chi connectivity index (χ0v) is 9.93. The lowest BCUT2D eigenvalue weighted by molar-refractivity contribution is 0.515. The van der Waals surface area contributed by atoms with E-state index in [1.165, 1.54) is 5.56 Å². The maximum absolute atomic E-state index is 14.1. The predicted molar refractivity (Wildman–Crippen MR) is 66.1 cm³/mol. The number of hydrogen-bond acceptors (Lipinski definition) is 0. The van der Waals surface area contributed by atoms with E-state index in [1.807, 2.05) is 12.1 Å². The summed E-state index contributed by atoms with van der Waals surface area (Å²) in [6, 6.07) is 4.07. The standard InChI is InChI=1S/C15H19F/c1-3-5-12-7-8-13-10-11(4-2)6-9-14(13)15(12)16/h4,7-8,11H,2-3,5-6,9-10H2,1H3. The van der Waals surface area contributed by atoms with Crippen molar-refractivity contribution in [3.05, 3.63) is 47.3 Å². The Hall–Kier alpha value is -1.11. The fraction of sp³-hybridized carbons (Fsp3) is 0.467. The lowest BCUT2D eigenvalue weighted by Crippen LogP contribution is -2.14. The Morgan fingerprint density at radius 2 is 2.31 bits per heavy atom. The van der Waals surface area contributed by atoms with E-state index >= 15 is 0 Å². The molecule has 0 heterocycles. The highest BCUT2D eigenvalue weighted by atomic mass is 19.1. The first kappa shape index (κ1) is 11.4. The highest BCUT2D eigenvalue weighted by Crippen LogP contribution is 2.29. The second-order valence-corrected chi connectivity index (χ2v) is 4.66. The third kappa shape index (κ3) is 2.04. The second-order valence-electron chi connectivity index (χ2n) is 4.66. The molecule has 2 rings (SSSR count). The zero-order valence-electron chi connectivity index (χ0n) is 9.93. The van der Waals surface area contributed by atoms with Crippen LogP contribution in [0.2, 0.25) is 0 Å². The van der Waals surface area contributed by atoms with E-state index in [0.29, 0.717) is 5.92 Å². The maximum atomic E-state index is 14.1. The third-order valence-electron chi connectivity index (χ3n) is 3.52. The van der Waals surface area contributed by atoms with Crippen LogP contribution >= 0.6 is 0 Å². The number of hydrogen-bond donors (Lipinski definition) is 0. The highest BCUT2D eigenvalue weighted by Gasteiger charge is 2.20. The van der Waals surface area contributed by atoms with E-state index in [2.05, 4.69) is 19.6 Å². The van der Waals surface area contributed by atoms with E-state index in [4.69, 9.17) is 0 Å². The van der Waals surface area contributed by atoms with Crippen LogP contribution in [0, 0.1) is 11.7 Å². The van der Waals surface area contributed by atoms with Crippen LogP contribution in [-0.2, 0) is 19.3 Å². The van der Waals surface area contributed by atoms with Crippen molar-refractivity contribution in [3.63, 3.8) is 0 Å². The van der Waals surface area contributed by atoms with Crippen molar-refractivity contribution >= 4 is 0 Å². The molecule has 0 nitrogen and oxygen atoms in total. The van der Waals surface area contributed by atoms with Crippen molar-refractivity contribution in [2.24, 2.45) is 5.92 Å². The summed E-state index contributed by atoms with van der Waals surface area (Å²) in [5, 5.41) is 0. The van der Waals surface area contributed by atoms with E-state index in [9.17, 15) is 4.39 Å². The minimum absolute atomic E-state index is 0.0573. The summed E-state index contributed by atoms with van der Waals surface area (Å²) in [4.78, 5) is 0. The van der Waals surface area contributed by atoms with Gasteiger partial charge >= 0.3 is 0 Å². The second kappa shape index (κ2) is 4.82. The molecule has 0 spiro atoms. The molecule has 0 saturated carbocycles. The van der Waals surface area contributed by atoms with Gasteiger partial charge < -0.3 is 0 Å². The average Bonchev–Trinajstić information content (AvgIpc) is 2.32. The van der Waals surface area contributed by atoms with Crippen LogP contribution in [0.15, 0.2) is 24.8 Å². The van der Waals surface area contributed by atoms with Crippen LogP contribution in [0.1, 0.15) is 36.5 Å². The molecule has 1 aromatic carbocycles. The van der Waals surface area contributed by atoms with Crippen LogP contribution < -0.4 is 0 Å². The summed E-state index contributed by atoms with van der Waals surface area (Å²) in [5.74, 6) is 0.589. The van der Waals surface area contributed by atoms with Gasteiger partial charge in [0.1, 0.15) is 5.82 Å². The largest absolute Gasteiger partial charge is 0.206 e. The van der Waals surface area contributed by atoms with Gasteiger partial charge in [-0.2, -0.15) is 0 Å². The van der Waals surface area contributed by atoms with E-state index in [1.54, 1.807) is 0 Å². The van der Waals surface area contributed by atoms with Crippen LogP contribution in [0.5, 0.6) is 0 Å². The van der Waals surface area contributed by atoms with Gasteiger partial charge in [-0.15, -0.1) is 6.58 Å². The first-order valence-corrected chi connectivity index (χ1v) is 6.18. The predicted octanol–water partition coefficient (Wildman–Crippen LogP) is 4.07. The van der Waals surface area contributed by atoms with Gasteiger partial charge in [0, 0.05) is 0 Å². The van der Waals surface area contributed by atoms with Gasteiger partial charge in [0.25, 0.3) is 0 Å². The van der Waals surface area contributed by atoms with Crippen molar-refractivity contribution < 1.29 is 4.39 Å². The quantitative estimate of drug-likeness (QED) is 0.671. The van der Waals surface area contributed by atoms with Gasteiger partial charge in [-0.25, -0.2) is 4.39 Å².